The highest BCUT2D eigenvalue weighted by atomic mass is 16.6. The minimum Gasteiger partial charge on any atom is -0.492 e. The van der Waals surface area contributed by atoms with Crippen LogP contribution in [0.1, 0.15) is 37.0 Å². The predicted octanol–water partition coefficient (Wildman–Crippen LogP) is 5.96. The average Bonchev–Trinajstić information content (AvgIpc) is 2.95. The third kappa shape index (κ3) is 7.94. The third-order valence-corrected chi connectivity index (χ3v) is 6.64. The van der Waals surface area contributed by atoms with Gasteiger partial charge < -0.3 is 19.5 Å². The predicted molar refractivity (Wildman–Crippen MR) is 152 cm³/mol. The van der Waals surface area contributed by atoms with E-state index in [0.29, 0.717) is 18.9 Å². The average molecular weight is 515 g/mol. The minimum atomic E-state index is -0.446. The summed E-state index contributed by atoms with van der Waals surface area (Å²) >= 11 is 0. The Labute approximate surface area is 226 Å². The first kappa shape index (κ1) is 27.4. The Morgan fingerprint density at radius 3 is 2.11 bits per heavy atom. The van der Waals surface area contributed by atoms with Gasteiger partial charge in [0.2, 0.25) is 0 Å². The van der Waals surface area contributed by atoms with Crippen LogP contribution in [0.5, 0.6) is 11.5 Å². The number of amides is 1. The van der Waals surface area contributed by atoms with Crippen molar-refractivity contribution in [3.8, 4) is 11.5 Å². The highest BCUT2D eigenvalue weighted by Crippen LogP contribution is 2.32. The van der Waals surface area contributed by atoms with E-state index in [1.807, 2.05) is 37.3 Å². The van der Waals surface area contributed by atoms with Crippen LogP contribution in [-0.2, 0) is 11.2 Å². The second kappa shape index (κ2) is 14.4. The molecule has 1 amide bonds. The van der Waals surface area contributed by atoms with Gasteiger partial charge in [0, 0.05) is 26.2 Å². The number of hydrogen-bond acceptors (Lipinski definition) is 5. The summed E-state index contributed by atoms with van der Waals surface area (Å²) in [5.41, 5.74) is 6.04. The van der Waals surface area contributed by atoms with E-state index < -0.39 is 6.09 Å². The summed E-state index contributed by atoms with van der Waals surface area (Å²) in [4.78, 5) is 14.2. The molecule has 6 heteroatoms. The van der Waals surface area contributed by atoms with E-state index in [-0.39, 0.29) is 0 Å². The minimum absolute atomic E-state index is 0.446. The molecule has 1 N–H and O–H groups in total. The van der Waals surface area contributed by atoms with Crippen molar-refractivity contribution < 1.29 is 19.0 Å². The summed E-state index contributed by atoms with van der Waals surface area (Å²) in [6.07, 6.45) is 1.33. The number of morpholine rings is 1. The normalized spacial score (nSPS) is 14.5. The molecule has 1 heterocycles. The van der Waals surface area contributed by atoms with E-state index in [0.717, 1.165) is 62.6 Å². The number of rotatable bonds is 11. The smallest absolute Gasteiger partial charge is 0.412 e. The molecule has 200 valence electrons. The topological polar surface area (TPSA) is 60.0 Å². The van der Waals surface area contributed by atoms with Gasteiger partial charge in [-0.05, 0) is 66.3 Å². The van der Waals surface area contributed by atoms with Gasteiger partial charge in [-0.2, -0.15) is 0 Å². The summed E-state index contributed by atoms with van der Waals surface area (Å²) in [5.74, 6) is 1.39. The van der Waals surface area contributed by atoms with Crippen LogP contribution >= 0.6 is 0 Å². The molecule has 0 spiro atoms. The maximum atomic E-state index is 11.8. The molecular weight excluding hydrogens is 476 g/mol. The lowest BCUT2D eigenvalue weighted by Crippen LogP contribution is -2.38. The Morgan fingerprint density at radius 2 is 1.50 bits per heavy atom. The molecule has 0 bridgehead atoms. The molecule has 4 rings (SSSR count). The standard InChI is InChI=1S/C32H38N2O4/c1-3-26(24-25-8-6-5-7-9-25)31(28-12-16-30(17-13-28)38-32(35)33-4-2)27-10-14-29(15-11-27)37-23-20-34-18-21-36-22-19-34/h5-17H,3-4,18-24H2,1-2H3,(H,33,35)/b31-26-. The molecule has 0 aromatic heterocycles. The maximum absolute atomic E-state index is 11.8. The fraction of sp³-hybridized carbons (Fsp3) is 0.344. The van der Waals surface area contributed by atoms with E-state index >= 15 is 0 Å². The zero-order valence-electron chi connectivity index (χ0n) is 22.4. The van der Waals surface area contributed by atoms with Crippen LogP contribution in [0.15, 0.2) is 84.4 Å². The number of nitrogens with one attached hydrogen (secondary N) is 1. The van der Waals surface area contributed by atoms with Crippen molar-refractivity contribution >= 4 is 11.7 Å². The SMILES string of the molecule is CCNC(=O)Oc1ccc(/C(=C(/CC)Cc2ccccc2)c2ccc(OCCN3CCOCC3)cc2)cc1. The first-order chi connectivity index (χ1) is 18.7. The molecule has 0 radical (unpaired) electrons. The van der Waals surface area contributed by atoms with Crippen molar-refractivity contribution in [3.63, 3.8) is 0 Å². The zero-order valence-corrected chi connectivity index (χ0v) is 22.4. The molecule has 0 atom stereocenters. The number of ether oxygens (including phenoxy) is 3. The molecule has 38 heavy (non-hydrogen) atoms. The van der Waals surface area contributed by atoms with Crippen molar-refractivity contribution in [1.29, 1.82) is 0 Å². The third-order valence-electron chi connectivity index (χ3n) is 6.64. The van der Waals surface area contributed by atoms with Gasteiger partial charge in [0.1, 0.15) is 18.1 Å². The van der Waals surface area contributed by atoms with Gasteiger partial charge in [0.05, 0.1) is 13.2 Å². The zero-order chi connectivity index (χ0) is 26.6. The van der Waals surface area contributed by atoms with Crippen LogP contribution in [-0.4, -0.2) is 57.0 Å². The van der Waals surface area contributed by atoms with Crippen molar-refractivity contribution in [1.82, 2.24) is 10.2 Å². The molecule has 1 fully saturated rings. The van der Waals surface area contributed by atoms with Gasteiger partial charge in [0.15, 0.2) is 0 Å². The Balaban J connectivity index is 1.56. The lowest BCUT2D eigenvalue weighted by atomic mass is 9.88. The van der Waals surface area contributed by atoms with E-state index in [1.165, 1.54) is 16.7 Å². The van der Waals surface area contributed by atoms with Crippen molar-refractivity contribution in [3.05, 3.63) is 101 Å². The Bertz CT molecular complexity index is 1170. The van der Waals surface area contributed by atoms with Crippen LogP contribution in [0, 0.1) is 0 Å². The molecule has 1 aliphatic rings. The van der Waals surface area contributed by atoms with Gasteiger partial charge >= 0.3 is 6.09 Å². The molecule has 0 saturated carbocycles. The number of carbonyl (C=O) groups excluding carboxylic acids is 1. The van der Waals surface area contributed by atoms with Gasteiger partial charge in [-0.25, -0.2) is 4.79 Å². The Morgan fingerprint density at radius 1 is 0.868 bits per heavy atom. The highest BCUT2D eigenvalue weighted by Gasteiger charge is 2.14. The van der Waals surface area contributed by atoms with Crippen LogP contribution in [0.3, 0.4) is 0 Å². The first-order valence-corrected chi connectivity index (χ1v) is 13.5. The maximum Gasteiger partial charge on any atom is 0.412 e. The summed E-state index contributed by atoms with van der Waals surface area (Å²) in [5, 5.41) is 2.66. The molecule has 3 aromatic rings. The van der Waals surface area contributed by atoms with Crippen molar-refractivity contribution in [2.45, 2.75) is 26.7 Å². The van der Waals surface area contributed by atoms with E-state index in [2.05, 4.69) is 65.7 Å². The lowest BCUT2D eigenvalue weighted by molar-refractivity contribution is 0.0322. The molecule has 0 unspecified atom stereocenters. The van der Waals surface area contributed by atoms with E-state index in [1.54, 1.807) is 0 Å². The Hall–Kier alpha value is -3.61. The molecule has 6 nitrogen and oxygen atoms in total. The van der Waals surface area contributed by atoms with Crippen LogP contribution in [0.25, 0.3) is 5.57 Å². The largest absolute Gasteiger partial charge is 0.492 e. The van der Waals surface area contributed by atoms with Crippen molar-refractivity contribution in [2.75, 3.05) is 46.0 Å². The van der Waals surface area contributed by atoms with Gasteiger partial charge in [-0.3, -0.25) is 4.90 Å². The van der Waals surface area contributed by atoms with Crippen molar-refractivity contribution in [2.24, 2.45) is 0 Å². The summed E-state index contributed by atoms with van der Waals surface area (Å²) in [6, 6.07) is 26.7. The highest BCUT2D eigenvalue weighted by molar-refractivity contribution is 5.83. The monoisotopic (exact) mass is 514 g/mol. The van der Waals surface area contributed by atoms with Crippen LogP contribution < -0.4 is 14.8 Å². The van der Waals surface area contributed by atoms with Gasteiger partial charge in [-0.1, -0.05) is 67.1 Å². The quantitative estimate of drug-likeness (QED) is 0.342. The summed E-state index contributed by atoms with van der Waals surface area (Å²) in [6.45, 7) is 9.67. The van der Waals surface area contributed by atoms with E-state index in [9.17, 15) is 4.79 Å². The van der Waals surface area contributed by atoms with Gasteiger partial charge in [-0.15, -0.1) is 0 Å². The number of allylic oxidation sites excluding steroid dienone is 1. The second-order valence-corrected chi connectivity index (χ2v) is 9.27. The lowest BCUT2D eigenvalue weighted by Gasteiger charge is -2.26. The summed E-state index contributed by atoms with van der Waals surface area (Å²) in [7, 11) is 0. The number of nitrogens with zero attached hydrogens (tertiary/aromatic N) is 1. The van der Waals surface area contributed by atoms with Crippen LogP contribution in [0.2, 0.25) is 0 Å². The molecule has 0 aliphatic carbocycles. The molecule has 1 saturated heterocycles. The van der Waals surface area contributed by atoms with E-state index in [4.69, 9.17) is 14.2 Å². The first-order valence-electron chi connectivity index (χ1n) is 13.5. The van der Waals surface area contributed by atoms with Gasteiger partial charge in [0.25, 0.3) is 0 Å². The fourth-order valence-corrected chi connectivity index (χ4v) is 4.62. The Kier molecular flexibility index (Phi) is 10.4. The number of benzene rings is 3. The second-order valence-electron chi connectivity index (χ2n) is 9.27. The molecule has 1 aliphatic heterocycles. The molecule has 3 aromatic carbocycles. The fourth-order valence-electron chi connectivity index (χ4n) is 4.62. The number of carbonyl (C=O) groups is 1. The summed E-state index contributed by atoms with van der Waals surface area (Å²) < 4.78 is 16.9. The van der Waals surface area contributed by atoms with Crippen LogP contribution in [0.4, 0.5) is 4.79 Å². The molecular formula is C32H38N2O4. The number of hydrogen-bond donors (Lipinski definition) is 1.